The van der Waals surface area contributed by atoms with Crippen molar-refractivity contribution in [1.29, 1.82) is 0 Å². The van der Waals surface area contributed by atoms with Crippen LogP contribution in [0, 0.1) is 5.82 Å². The first-order valence-electron chi connectivity index (χ1n) is 10.7. The molecule has 2 aromatic carbocycles. The van der Waals surface area contributed by atoms with Crippen LogP contribution in [0.4, 0.5) is 14.9 Å². The number of piperidine rings is 1. The molecule has 0 saturated carbocycles. The Morgan fingerprint density at radius 1 is 1.19 bits per heavy atom. The summed E-state index contributed by atoms with van der Waals surface area (Å²) >= 11 is 6.20. The molecule has 0 bridgehead atoms. The van der Waals surface area contributed by atoms with Gasteiger partial charge in [-0.05, 0) is 50.1 Å². The number of urea groups is 1. The van der Waals surface area contributed by atoms with E-state index in [0.717, 1.165) is 42.7 Å². The molecule has 1 unspecified atom stereocenters. The number of carbonyl (C=O) groups is 1. The summed E-state index contributed by atoms with van der Waals surface area (Å²) in [6.07, 6.45) is 1.77. The first-order valence-corrected chi connectivity index (χ1v) is 11.1. The summed E-state index contributed by atoms with van der Waals surface area (Å²) in [4.78, 5) is 19.2. The van der Waals surface area contributed by atoms with E-state index in [9.17, 15) is 9.18 Å². The van der Waals surface area contributed by atoms with Crippen LogP contribution in [0.15, 0.2) is 47.0 Å². The molecule has 0 spiro atoms. The Morgan fingerprint density at radius 2 is 2.00 bits per heavy atom. The third-order valence-corrected chi connectivity index (χ3v) is 6.66. The van der Waals surface area contributed by atoms with E-state index < -0.39 is 0 Å². The summed E-state index contributed by atoms with van der Waals surface area (Å²) in [5, 5.41) is 5.75. The van der Waals surface area contributed by atoms with Gasteiger partial charge in [-0.1, -0.05) is 22.8 Å². The number of halogens is 2. The highest BCUT2D eigenvalue weighted by molar-refractivity contribution is 6.30. The van der Waals surface area contributed by atoms with Gasteiger partial charge in [-0.3, -0.25) is 9.80 Å². The third kappa shape index (κ3) is 3.66. The van der Waals surface area contributed by atoms with Crippen LogP contribution < -0.4 is 4.90 Å². The van der Waals surface area contributed by atoms with Gasteiger partial charge in [-0.15, -0.1) is 0 Å². The second-order valence-corrected chi connectivity index (χ2v) is 8.61. The molecule has 2 amide bonds. The van der Waals surface area contributed by atoms with E-state index in [1.54, 1.807) is 6.07 Å². The van der Waals surface area contributed by atoms with Gasteiger partial charge in [-0.2, -0.15) is 0 Å². The highest BCUT2D eigenvalue weighted by atomic mass is 35.5. The summed E-state index contributed by atoms with van der Waals surface area (Å²) < 4.78 is 18.8. The van der Waals surface area contributed by atoms with Gasteiger partial charge in [0.15, 0.2) is 5.58 Å². The lowest BCUT2D eigenvalue weighted by Gasteiger charge is -2.38. The summed E-state index contributed by atoms with van der Waals surface area (Å²) in [5.41, 5.74) is 2.22. The zero-order valence-electron chi connectivity index (χ0n) is 17.3. The molecule has 1 atom stereocenters. The Bertz CT molecular complexity index is 1110. The molecule has 3 heterocycles. The van der Waals surface area contributed by atoms with Crippen LogP contribution in [0.1, 0.15) is 31.4 Å². The molecule has 3 aromatic rings. The van der Waals surface area contributed by atoms with E-state index in [4.69, 9.17) is 16.1 Å². The van der Waals surface area contributed by atoms with Crippen LogP contribution in [0.25, 0.3) is 11.0 Å². The van der Waals surface area contributed by atoms with Crippen LogP contribution in [0.5, 0.6) is 0 Å². The Hall–Kier alpha value is -2.64. The van der Waals surface area contributed by atoms with Gasteiger partial charge >= 0.3 is 6.03 Å². The van der Waals surface area contributed by atoms with Gasteiger partial charge in [0.25, 0.3) is 0 Å². The molecule has 1 aromatic heterocycles. The van der Waals surface area contributed by atoms with Crippen molar-refractivity contribution in [2.24, 2.45) is 0 Å². The minimum Gasteiger partial charge on any atom is -0.356 e. The monoisotopic (exact) mass is 442 g/mol. The lowest BCUT2D eigenvalue weighted by atomic mass is 9.91. The van der Waals surface area contributed by atoms with E-state index in [0.29, 0.717) is 23.7 Å². The molecule has 2 saturated heterocycles. The van der Waals surface area contributed by atoms with Crippen molar-refractivity contribution in [2.45, 2.75) is 31.8 Å². The lowest BCUT2D eigenvalue weighted by Crippen LogP contribution is -2.50. The maximum absolute atomic E-state index is 13.5. The summed E-state index contributed by atoms with van der Waals surface area (Å²) in [6.45, 7) is 5.02. The molecular weight excluding hydrogens is 419 g/mol. The number of fused-ring (bicyclic) bond motifs is 1. The van der Waals surface area contributed by atoms with Crippen molar-refractivity contribution < 1.29 is 13.7 Å². The molecule has 2 aliphatic heterocycles. The zero-order valence-corrected chi connectivity index (χ0v) is 18.1. The van der Waals surface area contributed by atoms with Gasteiger partial charge in [-0.25, -0.2) is 9.18 Å². The van der Waals surface area contributed by atoms with E-state index >= 15 is 0 Å². The highest BCUT2D eigenvalue weighted by Gasteiger charge is 2.42. The van der Waals surface area contributed by atoms with Crippen molar-refractivity contribution in [3.63, 3.8) is 0 Å². The molecule has 162 valence electrons. The Morgan fingerprint density at radius 3 is 2.74 bits per heavy atom. The standard InChI is InChI=1S/C23H24ClFN4O2/c1-2-27-14-21(29(23(27)30)18-5-3-4-16(24)12-18)28-10-8-15(9-11-28)22-19-7-6-17(25)13-20(19)31-26-22/h3-7,12-13,15,21H,2,8-11,14H2,1H3. The van der Waals surface area contributed by atoms with E-state index in [1.807, 2.05) is 41.0 Å². The van der Waals surface area contributed by atoms with E-state index in [1.165, 1.54) is 12.1 Å². The van der Waals surface area contributed by atoms with Crippen molar-refractivity contribution in [2.75, 3.05) is 31.1 Å². The molecule has 0 radical (unpaired) electrons. The number of amides is 2. The van der Waals surface area contributed by atoms with Gasteiger partial charge < -0.3 is 9.42 Å². The minimum absolute atomic E-state index is 0.0152. The number of likely N-dealkylation sites (N-methyl/N-ethyl adjacent to an activating group) is 1. The molecule has 0 aliphatic carbocycles. The number of anilines is 1. The number of aromatic nitrogens is 1. The predicted molar refractivity (Wildman–Crippen MR) is 118 cm³/mol. The first kappa shape index (κ1) is 20.3. The van der Waals surface area contributed by atoms with Crippen molar-refractivity contribution in [3.8, 4) is 0 Å². The number of benzene rings is 2. The maximum Gasteiger partial charge on any atom is 0.325 e. The first-order chi connectivity index (χ1) is 15.0. The topological polar surface area (TPSA) is 52.8 Å². The fourth-order valence-corrected chi connectivity index (χ4v) is 4.97. The van der Waals surface area contributed by atoms with Crippen LogP contribution in [-0.2, 0) is 0 Å². The second-order valence-electron chi connectivity index (χ2n) is 8.17. The molecule has 8 heteroatoms. The summed E-state index contributed by atoms with van der Waals surface area (Å²) in [7, 11) is 0. The predicted octanol–water partition coefficient (Wildman–Crippen LogP) is 5.09. The van der Waals surface area contributed by atoms with E-state index in [2.05, 4.69) is 10.1 Å². The van der Waals surface area contributed by atoms with Crippen LogP contribution in [-0.4, -0.2) is 53.3 Å². The number of nitrogens with zero attached hydrogens (tertiary/aromatic N) is 4. The fourth-order valence-electron chi connectivity index (χ4n) is 4.78. The average molecular weight is 443 g/mol. The van der Waals surface area contributed by atoms with Crippen molar-refractivity contribution >= 4 is 34.3 Å². The Labute approximate surface area is 185 Å². The summed E-state index contributed by atoms with van der Waals surface area (Å²) in [6, 6.07) is 12.1. The van der Waals surface area contributed by atoms with Crippen LogP contribution in [0.2, 0.25) is 5.02 Å². The normalized spacial score (nSPS) is 20.9. The maximum atomic E-state index is 13.5. The molecular formula is C23H24ClFN4O2. The number of carbonyl (C=O) groups excluding carboxylic acids is 1. The van der Waals surface area contributed by atoms with Gasteiger partial charge in [0.2, 0.25) is 0 Å². The lowest BCUT2D eigenvalue weighted by molar-refractivity contribution is 0.151. The van der Waals surface area contributed by atoms with Gasteiger partial charge in [0.05, 0.1) is 12.2 Å². The quantitative estimate of drug-likeness (QED) is 0.565. The smallest absolute Gasteiger partial charge is 0.325 e. The molecule has 2 fully saturated rings. The molecule has 5 rings (SSSR count). The number of rotatable bonds is 4. The van der Waals surface area contributed by atoms with Gasteiger partial charge in [0, 0.05) is 47.7 Å². The van der Waals surface area contributed by atoms with E-state index in [-0.39, 0.29) is 23.9 Å². The molecule has 31 heavy (non-hydrogen) atoms. The van der Waals surface area contributed by atoms with Crippen molar-refractivity contribution in [1.82, 2.24) is 15.0 Å². The highest BCUT2D eigenvalue weighted by Crippen LogP contribution is 2.35. The van der Waals surface area contributed by atoms with Crippen LogP contribution in [0.3, 0.4) is 0 Å². The number of hydrogen-bond acceptors (Lipinski definition) is 4. The average Bonchev–Trinajstić information content (AvgIpc) is 3.34. The molecule has 6 nitrogen and oxygen atoms in total. The largest absolute Gasteiger partial charge is 0.356 e. The molecule has 0 N–H and O–H groups in total. The minimum atomic E-state index is -0.322. The van der Waals surface area contributed by atoms with Crippen molar-refractivity contribution in [3.05, 3.63) is 59.0 Å². The van der Waals surface area contributed by atoms with Gasteiger partial charge in [0.1, 0.15) is 12.0 Å². The summed E-state index contributed by atoms with van der Waals surface area (Å²) in [5.74, 6) is -0.0699. The fraction of sp³-hybridized carbons (Fsp3) is 0.391. The Balaban J connectivity index is 1.35. The second kappa shape index (κ2) is 8.13. The SMILES string of the molecule is CCN1CC(N2CCC(c3noc4cc(F)ccc34)CC2)N(c2cccc(Cl)c2)C1=O. The van der Waals surface area contributed by atoms with Crippen LogP contribution >= 0.6 is 11.6 Å². The zero-order chi connectivity index (χ0) is 21.5. The Kier molecular flexibility index (Phi) is 5.32. The number of hydrogen-bond donors (Lipinski definition) is 0. The third-order valence-electron chi connectivity index (χ3n) is 6.43. The number of likely N-dealkylation sites (tertiary alicyclic amines) is 1. The molecule has 2 aliphatic rings.